The molecule has 3 N–H and O–H groups in total. The minimum Gasteiger partial charge on any atom is -0.320 e. The van der Waals surface area contributed by atoms with Crippen molar-refractivity contribution in [2.45, 2.75) is 39.0 Å². The summed E-state index contributed by atoms with van der Waals surface area (Å²) < 4.78 is 0. The molecule has 1 aliphatic rings. The first-order valence-corrected chi connectivity index (χ1v) is 5.14. The molecule has 0 heterocycles. The van der Waals surface area contributed by atoms with Gasteiger partial charge >= 0.3 is 0 Å². The van der Waals surface area contributed by atoms with Gasteiger partial charge in [0.25, 0.3) is 0 Å². The first kappa shape index (κ1) is 12.9. The number of hydrogen-bond acceptors (Lipinski definition) is 3. The lowest BCUT2D eigenvalue weighted by atomic mass is 9.85. The molecule has 0 unspecified atom stereocenters. The summed E-state index contributed by atoms with van der Waals surface area (Å²) in [6.45, 7) is 3.62. The Bertz CT molecular complexity index is 117. The highest BCUT2D eigenvalue weighted by Crippen LogP contribution is 2.39. The lowest BCUT2D eigenvalue weighted by molar-refractivity contribution is 0.194. The first-order valence-electron chi connectivity index (χ1n) is 5.14. The van der Waals surface area contributed by atoms with Crippen molar-refractivity contribution in [2.75, 3.05) is 20.6 Å². The highest BCUT2D eigenvalue weighted by molar-refractivity contribution is 4.80. The van der Waals surface area contributed by atoms with E-state index in [0.29, 0.717) is 5.41 Å². The summed E-state index contributed by atoms with van der Waals surface area (Å²) in [7, 11) is 3.47. The third-order valence-electron chi connectivity index (χ3n) is 2.79. The van der Waals surface area contributed by atoms with Gasteiger partial charge in [0.05, 0.1) is 0 Å². The normalized spacial score (nSPS) is 19.4. The van der Waals surface area contributed by atoms with Gasteiger partial charge in [-0.3, -0.25) is 0 Å². The van der Waals surface area contributed by atoms with Crippen LogP contribution < -0.4 is 10.8 Å². The third-order valence-corrected chi connectivity index (χ3v) is 2.79. The van der Waals surface area contributed by atoms with E-state index in [1.807, 2.05) is 7.05 Å². The maximum Gasteiger partial charge on any atom is 0.00929 e. The number of nitrogens with one attached hydrogen (secondary N) is 2. The zero-order valence-electron chi connectivity index (χ0n) is 9.19. The Morgan fingerprint density at radius 3 is 2.15 bits per heavy atom. The summed E-state index contributed by atoms with van der Waals surface area (Å²) in [4.78, 5) is 0. The van der Waals surface area contributed by atoms with E-state index in [1.165, 1.54) is 45.7 Å². The molecule has 0 aromatic carbocycles. The second-order valence-corrected chi connectivity index (χ2v) is 4.09. The van der Waals surface area contributed by atoms with Gasteiger partial charge in [-0.25, -0.2) is 5.48 Å². The van der Waals surface area contributed by atoms with E-state index in [0.717, 1.165) is 0 Å². The molecule has 0 amide bonds. The van der Waals surface area contributed by atoms with Gasteiger partial charge in [0.1, 0.15) is 0 Å². The van der Waals surface area contributed by atoms with Gasteiger partial charge in [-0.2, -0.15) is 0 Å². The summed E-state index contributed by atoms with van der Waals surface area (Å²) >= 11 is 0. The zero-order chi connectivity index (χ0) is 10.2. The van der Waals surface area contributed by atoms with E-state index in [4.69, 9.17) is 5.21 Å². The molecular weight excluding hydrogens is 164 g/mol. The van der Waals surface area contributed by atoms with Crippen molar-refractivity contribution in [1.82, 2.24) is 10.8 Å². The van der Waals surface area contributed by atoms with E-state index in [9.17, 15) is 0 Å². The fourth-order valence-electron chi connectivity index (χ4n) is 1.91. The van der Waals surface area contributed by atoms with Crippen molar-refractivity contribution in [3.05, 3.63) is 0 Å². The van der Waals surface area contributed by atoms with Crippen LogP contribution in [0.2, 0.25) is 0 Å². The summed E-state index contributed by atoms with van der Waals surface area (Å²) in [6.07, 6.45) is 7.19. The molecular formula is C10H26N2O. The monoisotopic (exact) mass is 190 g/mol. The molecule has 0 radical (unpaired) electrons. The van der Waals surface area contributed by atoms with Gasteiger partial charge in [0.15, 0.2) is 0 Å². The fourth-order valence-corrected chi connectivity index (χ4v) is 1.91. The standard InChI is InChI=1S/C9H19N.CH5NO.H2/c1-9(7-8-10-2)5-3-4-6-9;1-2-3;/h10H,3-8H2,1-2H3;2-3H,1H3;1H. The summed E-state index contributed by atoms with van der Waals surface area (Å²) in [5.41, 5.74) is 2.43. The minimum absolute atomic E-state index is 0. The predicted molar refractivity (Wildman–Crippen MR) is 58.1 cm³/mol. The van der Waals surface area contributed by atoms with Gasteiger partial charge < -0.3 is 10.5 Å². The Balaban J connectivity index is 0. The third kappa shape index (κ3) is 6.02. The quantitative estimate of drug-likeness (QED) is 0.597. The molecule has 3 heteroatoms. The van der Waals surface area contributed by atoms with Crippen molar-refractivity contribution in [2.24, 2.45) is 5.41 Å². The van der Waals surface area contributed by atoms with Crippen LogP contribution in [0.15, 0.2) is 0 Å². The fraction of sp³-hybridized carbons (Fsp3) is 1.00. The van der Waals surface area contributed by atoms with E-state index in [1.54, 1.807) is 5.48 Å². The molecule has 0 saturated heterocycles. The van der Waals surface area contributed by atoms with Crippen molar-refractivity contribution < 1.29 is 6.63 Å². The van der Waals surface area contributed by atoms with E-state index in [2.05, 4.69) is 12.2 Å². The maximum atomic E-state index is 7.32. The first-order chi connectivity index (χ1) is 6.18. The Labute approximate surface area is 83.4 Å². The van der Waals surface area contributed by atoms with Crippen molar-refractivity contribution in [3.8, 4) is 0 Å². The van der Waals surface area contributed by atoms with Crippen LogP contribution in [0.3, 0.4) is 0 Å². The van der Waals surface area contributed by atoms with Gasteiger partial charge in [0, 0.05) is 8.47 Å². The summed E-state index contributed by atoms with van der Waals surface area (Å²) in [5, 5.41) is 10.5. The van der Waals surface area contributed by atoms with Crippen LogP contribution in [0.25, 0.3) is 0 Å². The van der Waals surface area contributed by atoms with Crippen LogP contribution in [-0.4, -0.2) is 25.8 Å². The molecule has 82 valence electrons. The van der Waals surface area contributed by atoms with Gasteiger partial charge in [-0.15, -0.1) is 0 Å². The highest BCUT2D eigenvalue weighted by Gasteiger charge is 2.27. The van der Waals surface area contributed by atoms with Crippen molar-refractivity contribution in [1.29, 1.82) is 0 Å². The molecule has 0 aromatic heterocycles. The zero-order valence-corrected chi connectivity index (χ0v) is 9.19. The smallest absolute Gasteiger partial charge is 0.00929 e. The van der Waals surface area contributed by atoms with E-state index in [-0.39, 0.29) is 1.43 Å². The van der Waals surface area contributed by atoms with Crippen LogP contribution in [-0.2, 0) is 0 Å². The molecule has 1 rings (SSSR count). The lowest BCUT2D eigenvalue weighted by Crippen LogP contribution is -2.19. The Morgan fingerprint density at radius 2 is 1.77 bits per heavy atom. The molecule has 1 aliphatic carbocycles. The van der Waals surface area contributed by atoms with Gasteiger partial charge in [-0.05, 0) is 38.3 Å². The van der Waals surface area contributed by atoms with Crippen LogP contribution in [0.5, 0.6) is 0 Å². The molecule has 0 atom stereocenters. The number of hydrogen-bond donors (Lipinski definition) is 3. The van der Waals surface area contributed by atoms with Crippen LogP contribution in [0.1, 0.15) is 40.5 Å². The Hall–Kier alpha value is -0.120. The minimum atomic E-state index is 0. The van der Waals surface area contributed by atoms with Crippen molar-refractivity contribution in [3.63, 3.8) is 0 Å². The van der Waals surface area contributed by atoms with Gasteiger partial charge in [0.2, 0.25) is 0 Å². The summed E-state index contributed by atoms with van der Waals surface area (Å²) in [5.74, 6) is 0. The molecule has 0 bridgehead atoms. The van der Waals surface area contributed by atoms with Crippen LogP contribution >= 0.6 is 0 Å². The second kappa shape index (κ2) is 7.30. The topological polar surface area (TPSA) is 44.3 Å². The molecule has 13 heavy (non-hydrogen) atoms. The molecule has 0 aromatic rings. The lowest BCUT2D eigenvalue weighted by Gasteiger charge is -2.22. The van der Waals surface area contributed by atoms with Gasteiger partial charge in [-0.1, -0.05) is 19.8 Å². The average molecular weight is 190 g/mol. The molecule has 1 fully saturated rings. The number of rotatable bonds is 3. The Kier molecular flexibility index (Phi) is 7.23. The second-order valence-electron chi connectivity index (χ2n) is 4.09. The molecule has 3 nitrogen and oxygen atoms in total. The van der Waals surface area contributed by atoms with Crippen LogP contribution in [0, 0.1) is 5.41 Å². The summed E-state index contributed by atoms with van der Waals surface area (Å²) in [6, 6.07) is 0. The largest absolute Gasteiger partial charge is 0.320 e. The van der Waals surface area contributed by atoms with Crippen molar-refractivity contribution >= 4 is 0 Å². The molecule has 1 saturated carbocycles. The average Bonchev–Trinajstić information content (AvgIpc) is 2.51. The maximum absolute atomic E-state index is 7.32. The van der Waals surface area contributed by atoms with Crippen LogP contribution in [0.4, 0.5) is 0 Å². The van der Waals surface area contributed by atoms with E-state index < -0.39 is 0 Å². The van der Waals surface area contributed by atoms with E-state index >= 15 is 0 Å². The molecule has 0 spiro atoms. The highest BCUT2D eigenvalue weighted by atomic mass is 16.5. The predicted octanol–water partition coefficient (Wildman–Crippen LogP) is 2.02. The molecule has 0 aliphatic heterocycles. The number of hydroxylamine groups is 1. The Morgan fingerprint density at radius 1 is 1.31 bits per heavy atom. The SMILES string of the molecule is CNCCC1(C)CCCC1.CNO.[HH].